The Hall–Kier alpha value is -2.82. The fourth-order valence-electron chi connectivity index (χ4n) is 2.13. The summed E-state index contributed by atoms with van der Waals surface area (Å²) in [6, 6.07) is 3.87. The minimum absolute atomic E-state index is 0.0648. The first kappa shape index (κ1) is 21.5. The van der Waals surface area contributed by atoms with Gasteiger partial charge in [0, 0.05) is 24.5 Å². The van der Waals surface area contributed by atoms with Gasteiger partial charge in [-0.05, 0) is 17.7 Å². The summed E-state index contributed by atoms with van der Waals surface area (Å²) in [5, 5.41) is 23.6. The van der Waals surface area contributed by atoms with Crippen molar-refractivity contribution in [3.05, 3.63) is 64.2 Å². The predicted molar refractivity (Wildman–Crippen MR) is 97.8 cm³/mol. The Balaban J connectivity index is 2.14. The Morgan fingerprint density at radius 1 is 1.25 bits per heavy atom. The SMILES string of the molecule is O=C(OCC(NC(=O)C(Cl)Cl)C(O)c1ccc([N+](=O)[O-])cc1)c1cnccn1. The van der Waals surface area contributed by atoms with Gasteiger partial charge in [-0.25, -0.2) is 9.78 Å². The molecule has 10 nitrogen and oxygen atoms in total. The highest BCUT2D eigenvalue weighted by Gasteiger charge is 2.27. The van der Waals surface area contributed by atoms with Gasteiger partial charge in [0.1, 0.15) is 12.7 Å². The molecule has 0 saturated carbocycles. The first-order valence-corrected chi connectivity index (χ1v) is 8.61. The summed E-state index contributed by atoms with van der Waals surface area (Å²) in [6.07, 6.45) is 2.49. The van der Waals surface area contributed by atoms with Crippen molar-refractivity contribution in [2.24, 2.45) is 0 Å². The van der Waals surface area contributed by atoms with Gasteiger partial charge in [0.15, 0.2) is 10.5 Å². The highest BCUT2D eigenvalue weighted by molar-refractivity contribution is 6.53. The van der Waals surface area contributed by atoms with Gasteiger partial charge in [-0.2, -0.15) is 0 Å². The number of hydrogen-bond donors (Lipinski definition) is 2. The highest BCUT2D eigenvalue weighted by Crippen LogP contribution is 2.21. The van der Waals surface area contributed by atoms with Crippen LogP contribution in [0, 0.1) is 10.1 Å². The van der Waals surface area contributed by atoms with E-state index in [1.54, 1.807) is 0 Å². The lowest BCUT2D eigenvalue weighted by Crippen LogP contribution is -2.45. The van der Waals surface area contributed by atoms with Crippen LogP contribution in [0.25, 0.3) is 0 Å². The van der Waals surface area contributed by atoms with E-state index in [1.807, 2.05) is 0 Å². The average molecular weight is 429 g/mol. The van der Waals surface area contributed by atoms with Gasteiger partial charge < -0.3 is 15.2 Å². The van der Waals surface area contributed by atoms with Gasteiger partial charge in [-0.3, -0.25) is 19.9 Å². The Bertz CT molecular complexity index is 835. The van der Waals surface area contributed by atoms with Gasteiger partial charge in [0.05, 0.1) is 17.2 Å². The zero-order chi connectivity index (χ0) is 20.7. The quantitative estimate of drug-likeness (QED) is 0.278. The molecule has 1 aromatic carbocycles. The molecule has 0 spiro atoms. The number of ether oxygens (including phenoxy) is 1. The van der Waals surface area contributed by atoms with E-state index >= 15 is 0 Å². The smallest absolute Gasteiger partial charge is 0.358 e. The van der Waals surface area contributed by atoms with Crippen molar-refractivity contribution in [3.8, 4) is 0 Å². The molecule has 148 valence electrons. The third-order valence-corrected chi connectivity index (χ3v) is 3.92. The number of aliphatic hydroxyl groups is 1. The van der Waals surface area contributed by atoms with Crippen LogP contribution in [0.15, 0.2) is 42.9 Å². The molecule has 2 atom stereocenters. The number of carbonyl (C=O) groups excluding carboxylic acids is 2. The van der Waals surface area contributed by atoms with Crippen LogP contribution in [0.4, 0.5) is 5.69 Å². The molecule has 1 amide bonds. The molecule has 0 aliphatic carbocycles. The molecule has 12 heteroatoms. The number of carbonyl (C=O) groups is 2. The Labute approximate surface area is 168 Å². The number of aromatic nitrogens is 2. The van der Waals surface area contributed by atoms with Crippen LogP contribution in [-0.2, 0) is 9.53 Å². The molecular formula is C16H14Cl2N4O6. The van der Waals surface area contributed by atoms with Crippen molar-refractivity contribution >= 4 is 40.8 Å². The summed E-state index contributed by atoms with van der Waals surface area (Å²) in [5.41, 5.74) is 0.00399. The van der Waals surface area contributed by atoms with Crippen LogP contribution in [0.5, 0.6) is 0 Å². The maximum atomic E-state index is 12.0. The third-order valence-electron chi connectivity index (χ3n) is 3.52. The number of nitro groups is 1. The molecule has 1 aromatic heterocycles. The van der Waals surface area contributed by atoms with Crippen LogP contribution in [0.1, 0.15) is 22.2 Å². The predicted octanol–water partition coefficient (Wildman–Crippen LogP) is 1.56. The number of rotatable bonds is 8. The lowest BCUT2D eigenvalue weighted by molar-refractivity contribution is -0.384. The van der Waals surface area contributed by atoms with Crippen molar-refractivity contribution in [1.82, 2.24) is 15.3 Å². The maximum Gasteiger partial charge on any atom is 0.358 e. The first-order valence-electron chi connectivity index (χ1n) is 7.73. The number of benzene rings is 1. The van der Waals surface area contributed by atoms with E-state index in [9.17, 15) is 24.8 Å². The Morgan fingerprint density at radius 3 is 2.46 bits per heavy atom. The third kappa shape index (κ3) is 5.84. The number of alkyl halides is 2. The van der Waals surface area contributed by atoms with Gasteiger partial charge in [0.25, 0.3) is 11.6 Å². The lowest BCUT2D eigenvalue weighted by atomic mass is 10.0. The van der Waals surface area contributed by atoms with E-state index in [-0.39, 0.29) is 16.9 Å². The minimum atomic E-state index is -1.41. The minimum Gasteiger partial charge on any atom is -0.459 e. The standard InChI is InChI=1S/C16H14Cl2N4O6/c17-14(18)15(24)21-12(8-28-16(25)11-7-19-5-6-20-11)13(23)9-1-3-10(4-2-9)22(26)27/h1-7,12-14,23H,8H2,(H,21,24). The van der Waals surface area contributed by atoms with E-state index < -0.39 is 40.4 Å². The fourth-order valence-corrected chi connectivity index (χ4v) is 2.25. The molecule has 0 aliphatic rings. The molecule has 2 rings (SSSR count). The van der Waals surface area contributed by atoms with Crippen molar-refractivity contribution in [1.29, 1.82) is 0 Å². The van der Waals surface area contributed by atoms with E-state index in [2.05, 4.69) is 15.3 Å². The molecule has 1 heterocycles. The summed E-state index contributed by atoms with van der Waals surface area (Å²) >= 11 is 11.0. The number of nitrogens with one attached hydrogen (secondary N) is 1. The van der Waals surface area contributed by atoms with E-state index in [4.69, 9.17) is 27.9 Å². The summed E-state index contributed by atoms with van der Waals surface area (Å²) in [4.78, 5) is 40.1. The molecule has 0 radical (unpaired) electrons. The van der Waals surface area contributed by atoms with Gasteiger partial charge >= 0.3 is 5.97 Å². The molecule has 0 fully saturated rings. The largest absolute Gasteiger partial charge is 0.459 e. The molecular weight excluding hydrogens is 415 g/mol. The second-order valence-corrected chi connectivity index (χ2v) is 6.49. The van der Waals surface area contributed by atoms with Crippen LogP contribution in [0.2, 0.25) is 0 Å². The lowest BCUT2D eigenvalue weighted by Gasteiger charge is -2.24. The first-order chi connectivity index (χ1) is 13.3. The van der Waals surface area contributed by atoms with E-state index in [0.29, 0.717) is 0 Å². The zero-order valence-corrected chi connectivity index (χ0v) is 15.6. The van der Waals surface area contributed by atoms with Crippen molar-refractivity contribution in [2.45, 2.75) is 17.0 Å². The summed E-state index contributed by atoms with van der Waals surface area (Å²) < 4.78 is 5.06. The summed E-state index contributed by atoms with van der Waals surface area (Å²) in [7, 11) is 0. The van der Waals surface area contributed by atoms with Crippen LogP contribution in [0.3, 0.4) is 0 Å². The Kier molecular flexibility index (Phi) is 7.61. The van der Waals surface area contributed by atoms with Gasteiger partial charge in [-0.15, -0.1) is 0 Å². The number of hydrogen-bond acceptors (Lipinski definition) is 8. The second kappa shape index (κ2) is 9.93. The number of esters is 1. The summed E-state index contributed by atoms with van der Waals surface area (Å²) in [6.45, 7) is -0.445. The maximum absolute atomic E-state index is 12.0. The Morgan fingerprint density at radius 2 is 1.93 bits per heavy atom. The second-order valence-electron chi connectivity index (χ2n) is 5.40. The van der Waals surface area contributed by atoms with E-state index in [1.165, 1.54) is 42.9 Å². The number of nitro benzene ring substituents is 1. The van der Waals surface area contributed by atoms with Crippen LogP contribution in [-0.4, -0.2) is 49.4 Å². The van der Waals surface area contributed by atoms with Crippen LogP contribution >= 0.6 is 23.2 Å². The highest BCUT2D eigenvalue weighted by atomic mass is 35.5. The normalized spacial score (nSPS) is 12.9. The molecule has 0 saturated heterocycles. The molecule has 2 aromatic rings. The molecule has 0 bridgehead atoms. The monoisotopic (exact) mass is 428 g/mol. The number of non-ortho nitro benzene ring substituents is 1. The summed E-state index contributed by atoms with van der Waals surface area (Å²) in [5.74, 6) is -1.64. The van der Waals surface area contributed by atoms with E-state index in [0.717, 1.165) is 0 Å². The molecule has 2 unspecified atom stereocenters. The zero-order valence-electron chi connectivity index (χ0n) is 14.1. The number of nitrogens with zero attached hydrogens (tertiary/aromatic N) is 3. The van der Waals surface area contributed by atoms with Crippen LogP contribution < -0.4 is 5.32 Å². The van der Waals surface area contributed by atoms with Crippen molar-refractivity contribution < 1.29 is 24.4 Å². The van der Waals surface area contributed by atoms with Crippen molar-refractivity contribution in [2.75, 3.05) is 6.61 Å². The number of halogens is 2. The number of aliphatic hydroxyl groups excluding tert-OH is 1. The topological polar surface area (TPSA) is 145 Å². The molecule has 0 aliphatic heterocycles. The van der Waals surface area contributed by atoms with Gasteiger partial charge in [0.2, 0.25) is 0 Å². The van der Waals surface area contributed by atoms with Crippen molar-refractivity contribution in [3.63, 3.8) is 0 Å². The fraction of sp³-hybridized carbons (Fsp3) is 0.250. The average Bonchev–Trinajstić information content (AvgIpc) is 2.70. The van der Waals surface area contributed by atoms with Gasteiger partial charge in [-0.1, -0.05) is 23.2 Å². The molecule has 2 N–H and O–H groups in total. The molecule has 28 heavy (non-hydrogen) atoms. The number of amides is 1.